The Morgan fingerprint density at radius 2 is 2.00 bits per heavy atom. The molecular formula is C10H8O3. The zero-order chi connectivity index (χ0) is 9.68. The van der Waals surface area contributed by atoms with Crippen molar-refractivity contribution in [3.8, 4) is 5.75 Å². The van der Waals surface area contributed by atoms with Crippen LogP contribution >= 0.6 is 0 Å². The predicted molar refractivity (Wildman–Crippen MR) is 48.6 cm³/mol. The zero-order valence-electron chi connectivity index (χ0n) is 6.81. The van der Waals surface area contributed by atoms with Gasteiger partial charge in [0.2, 0.25) is 0 Å². The summed E-state index contributed by atoms with van der Waals surface area (Å²) < 4.78 is 0. The smallest absolute Gasteiger partial charge is 0.153 e. The van der Waals surface area contributed by atoms with Crippen LogP contribution in [0.4, 0.5) is 0 Å². The van der Waals surface area contributed by atoms with Gasteiger partial charge >= 0.3 is 0 Å². The summed E-state index contributed by atoms with van der Waals surface area (Å²) in [7, 11) is 0. The third-order valence-corrected chi connectivity index (χ3v) is 1.55. The van der Waals surface area contributed by atoms with E-state index in [4.69, 9.17) is 5.11 Å². The highest BCUT2D eigenvalue weighted by Crippen LogP contribution is 2.16. The van der Waals surface area contributed by atoms with Crippen molar-refractivity contribution >= 4 is 18.6 Å². The highest BCUT2D eigenvalue weighted by molar-refractivity contribution is 5.81. The second-order valence-electron chi connectivity index (χ2n) is 2.43. The summed E-state index contributed by atoms with van der Waals surface area (Å²) in [5.74, 6) is -0.0572. The van der Waals surface area contributed by atoms with Crippen LogP contribution in [0.25, 0.3) is 6.08 Å². The summed E-state index contributed by atoms with van der Waals surface area (Å²) in [6, 6.07) is 4.53. The van der Waals surface area contributed by atoms with Crippen LogP contribution in [0.15, 0.2) is 24.3 Å². The van der Waals surface area contributed by atoms with Gasteiger partial charge in [0.25, 0.3) is 0 Å². The fourth-order valence-corrected chi connectivity index (χ4v) is 0.921. The monoisotopic (exact) mass is 176 g/mol. The molecule has 0 aliphatic heterocycles. The minimum Gasteiger partial charge on any atom is -0.507 e. The molecule has 0 aliphatic carbocycles. The van der Waals surface area contributed by atoms with Crippen LogP contribution in [0, 0.1) is 0 Å². The van der Waals surface area contributed by atoms with Gasteiger partial charge in [-0.15, -0.1) is 0 Å². The van der Waals surface area contributed by atoms with Crippen LogP contribution in [0.1, 0.15) is 15.9 Å². The van der Waals surface area contributed by atoms with Crippen molar-refractivity contribution in [2.45, 2.75) is 0 Å². The lowest BCUT2D eigenvalue weighted by atomic mass is 10.1. The van der Waals surface area contributed by atoms with Crippen molar-refractivity contribution in [3.05, 3.63) is 35.4 Å². The molecule has 0 unspecified atom stereocenters. The first-order valence-corrected chi connectivity index (χ1v) is 3.68. The van der Waals surface area contributed by atoms with Gasteiger partial charge in [0.05, 0.1) is 5.56 Å². The number of aldehydes is 2. The topological polar surface area (TPSA) is 54.4 Å². The number of hydrogen-bond acceptors (Lipinski definition) is 3. The lowest BCUT2D eigenvalue weighted by Crippen LogP contribution is -1.82. The van der Waals surface area contributed by atoms with E-state index in [1.165, 1.54) is 18.2 Å². The van der Waals surface area contributed by atoms with E-state index in [0.29, 0.717) is 18.1 Å². The Labute approximate surface area is 75.3 Å². The highest BCUT2D eigenvalue weighted by atomic mass is 16.3. The Morgan fingerprint density at radius 1 is 1.23 bits per heavy atom. The maximum Gasteiger partial charge on any atom is 0.153 e. The van der Waals surface area contributed by atoms with Crippen LogP contribution in [0.2, 0.25) is 0 Å². The average molecular weight is 176 g/mol. The number of hydrogen-bond donors (Lipinski definition) is 1. The second-order valence-corrected chi connectivity index (χ2v) is 2.43. The van der Waals surface area contributed by atoms with Crippen LogP contribution < -0.4 is 0 Å². The van der Waals surface area contributed by atoms with Gasteiger partial charge in [-0.2, -0.15) is 0 Å². The lowest BCUT2D eigenvalue weighted by Gasteiger charge is -1.97. The first kappa shape index (κ1) is 9.19. The summed E-state index contributed by atoms with van der Waals surface area (Å²) in [5.41, 5.74) is 0.917. The van der Waals surface area contributed by atoms with Crippen molar-refractivity contribution in [1.82, 2.24) is 0 Å². The molecule has 1 N–H and O–H groups in total. The van der Waals surface area contributed by atoms with Gasteiger partial charge in [0, 0.05) is 0 Å². The fourth-order valence-electron chi connectivity index (χ4n) is 0.921. The Kier molecular flexibility index (Phi) is 2.97. The molecule has 13 heavy (non-hydrogen) atoms. The van der Waals surface area contributed by atoms with E-state index in [2.05, 4.69) is 0 Å². The van der Waals surface area contributed by atoms with E-state index < -0.39 is 0 Å². The maximum atomic E-state index is 10.4. The molecule has 0 fully saturated rings. The van der Waals surface area contributed by atoms with E-state index in [9.17, 15) is 9.59 Å². The molecule has 0 radical (unpaired) electrons. The molecule has 3 heteroatoms. The summed E-state index contributed by atoms with van der Waals surface area (Å²) in [6.07, 6.45) is 4.08. The first-order valence-electron chi connectivity index (χ1n) is 3.68. The summed E-state index contributed by atoms with van der Waals surface area (Å²) in [5, 5.41) is 9.14. The molecule has 0 saturated carbocycles. The third kappa shape index (κ3) is 2.27. The van der Waals surface area contributed by atoms with E-state index in [1.54, 1.807) is 12.1 Å². The van der Waals surface area contributed by atoms with Crippen LogP contribution in [-0.2, 0) is 4.79 Å². The van der Waals surface area contributed by atoms with Crippen molar-refractivity contribution < 1.29 is 14.7 Å². The van der Waals surface area contributed by atoms with Gasteiger partial charge < -0.3 is 5.11 Å². The average Bonchev–Trinajstić information content (AvgIpc) is 2.16. The summed E-state index contributed by atoms with van der Waals surface area (Å²) >= 11 is 0. The van der Waals surface area contributed by atoms with Crippen LogP contribution in [-0.4, -0.2) is 17.7 Å². The predicted octanol–water partition coefficient (Wildman–Crippen LogP) is 1.42. The number of allylic oxidation sites excluding steroid dienone is 1. The zero-order valence-corrected chi connectivity index (χ0v) is 6.81. The summed E-state index contributed by atoms with van der Waals surface area (Å²) in [6.45, 7) is 0. The third-order valence-electron chi connectivity index (χ3n) is 1.55. The van der Waals surface area contributed by atoms with Crippen molar-refractivity contribution in [3.63, 3.8) is 0 Å². The molecule has 0 aromatic heterocycles. The lowest BCUT2D eigenvalue weighted by molar-refractivity contribution is -0.104. The number of carbonyl (C=O) groups is 2. The molecular weight excluding hydrogens is 168 g/mol. The molecule has 3 nitrogen and oxygen atoms in total. The molecule has 0 heterocycles. The highest BCUT2D eigenvalue weighted by Gasteiger charge is 1.98. The maximum absolute atomic E-state index is 10.4. The fraction of sp³-hybridized carbons (Fsp3) is 0. The Bertz CT molecular complexity index is 353. The van der Waals surface area contributed by atoms with Gasteiger partial charge in [-0.05, 0) is 23.8 Å². The number of phenols is 1. The molecule has 1 rings (SSSR count). The standard InChI is InChI=1S/C10H8O3/c11-5-1-2-8-3-4-10(13)9(6-8)7-12/h1-7,13H/b2-1+. The number of phenolic OH excluding ortho intramolecular Hbond substituents is 1. The molecule has 0 aliphatic rings. The number of aromatic hydroxyl groups is 1. The Balaban J connectivity index is 3.05. The Morgan fingerprint density at radius 3 is 2.62 bits per heavy atom. The van der Waals surface area contributed by atoms with E-state index in [0.717, 1.165) is 0 Å². The van der Waals surface area contributed by atoms with E-state index in [1.807, 2.05) is 0 Å². The van der Waals surface area contributed by atoms with E-state index >= 15 is 0 Å². The van der Waals surface area contributed by atoms with Gasteiger partial charge in [0.1, 0.15) is 12.0 Å². The van der Waals surface area contributed by atoms with Gasteiger partial charge in [0.15, 0.2) is 6.29 Å². The molecule has 1 aromatic carbocycles. The quantitative estimate of drug-likeness (QED) is 0.559. The second kappa shape index (κ2) is 4.21. The largest absolute Gasteiger partial charge is 0.507 e. The normalized spacial score (nSPS) is 10.2. The van der Waals surface area contributed by atoms with Gasteiger partial charge in [-0.25, -0.2) is 0 Å². The summed E-state index contributed by atoms with van der Waals surface area (Å²) in [4.78, 5) is 20.4. The molecule has 1 aromatic rings. The minimum atomic E-state index is -0.0572. The minimum absolute atomic E-state index is 0.0572. The molecule has 0 amide bonds. The molecule has 0 atom stereocenters. The van der Waals surface area contributed by atoms with Gasteiger partial charge in [-0.3, -0.25) is 9.59 Å². The van der Waals surface area contributed by atoms with E-state index in [-0.39, 0.29) is 11.3 Å². The number of benzene rings is 1. The first-order chi connectivity index (χ1) is 6.27. The van der Waals surface area contributed by atoms with Crippen molar-refractivity contribution in [2.75, 3.05) is 0 Å². The number of rotatable bonds is 3. The van der Waals surface area contributed by atoms with Gasteiger partial charge in [-0.1, -0.05) is 12.1 Å². The Hall–Kier alpha value is -1.90. The molecule has 0 bridgehead atoms. The van der Waals surface area contributed by atoms with Crippen molar-refractivity contribution in [2.24, 2.45) is 0 Å². The number of carbonyl (C=O) groups excluding carboxylic acids is 2. The van der Waals surface area contributed by atoms with Crippen LogP contribution in [0.5, 0.6) is 5.75 Å². The molecule has 0 spiro atoms. The van der Waals surface area contributed by atoms with Crippen molar-refractivity contribution in [1.29, 1.82) is 0 Å². The molecule has 0 saturated heterocycles. The SMILES string of the molecule is O=C/C=C/c1ccc(O)c(C=O)c1. The molecule has 66 valence electrons. The van der Waals surface area contributed by atoms with Crippen LogP contribution in [0.3, 0.4) is 0 Å².